The molecule has 1 aromatic rings. The summed E-state index contributed by atoms with van der Waals surface area (Å²) in [4.78, 5) is 13.5. The summed E-state index contributed by atoms with van der Waals surface area (Å²) in [7, 11) is -3.70. The van der Waals surface area contributed by atoms with Crippen LogP contribution in [0.4, 0.5) is 0 Å². The van der Waals surface area contributed by atoms with Crippen LogP contribution < -0.4 is 0 Å². The highest BCUT2D eigenvalue weighted by Crippen LogP contribution is 2.31. The molecule has 1 aromatic carbocycles. The van der Waals surface area contributed by atoms with Gasteiger partial charge in [0, 0.05) is 26.2 Å². The van der Waals surface area contributed by atoms with Gasteiger partial charge in [0.25, 0.3) is 0 Å². The monoisotopic (exact) mass is 382 g/mol. The van der Waals surface area contributed by atoms with E-state index in [4.69, 9.17) is 23.2 Å². The van der Waals surface area contributed by atoms with E-state index in [-0.39, 0.29) is 33.9 Å². The summed E-state index contributed by atoms with van der Waals surface area (Å²) in [6, 6.07) is 4.54. The van der Waals surface area contributed by atoms with Gasteiger partial charge >= 0.3 is 0 Å². The van der Waals surface area contributed by atoms with Gasteiger partial charge in [-0.2, -0.15) is 16.1 Å². The first-order valence-electron chi connectivity index (χ1n) is 6.59. The van der Waals surface area contributed by atoms with Crippen LogP contribution in [-0.2, 0) is 14.8 Å². The second kappa shape index (κ2) is 7.40. The highest BCUT2D eigenvalue weighted by molar-refractivity contribution is 7.99. The Balaban J connectivity index is 2.13. The number of piperazine rings is 1. The van der Waals surface area contributed by atoms with Crippen molar-refractivity contribution in [1.29, 1.82) is 0 Å². The third-order valence-electron chi connectivity index (χ3n) is 3.39. The van der Waals surface area contributed by atoms with Crippen LogP contribution in [0.25, 0.3) is 0 Å². The molecule has 0 atom stereocenters. The third-order valence-corrected chi connectivity index (χ3v) is 6.80. The Hall–Kier alpha value is -0.470. The fourth-order valence-corrected chi connectivity index (χ4v) is 4.80. The van der Waals surface area contributed by atoms with Gasteiger partial charge in [-0.15, -0.1) is 0 Å². The summed E-state index contributed by atoms with van der Waals surface area (Å²) < 4.78 is 26.6. The molecule has 0 aliphatic carbocycles. The molecule has 0 N–H and O–H groups in total. The van der Waals surface area contributed by atoms with E-state index >= 15 is 0 Å². The van der Waals surface area contributed by atoms with Crippen LogP contribution in [0.2, 0.25) is 10.0 Å². The number of hydrogen-bond donors (Lipinski definition) is 0. The molecule has 5 nitrogen and oxygen atoms in total. The second-order valence-corrected chi connectivity index (χ2v) is 8.33. The van der Waals surface area contributed by atoms with Crippen LogP contribution in [0.5, 0.6) is 0 Å². The van der Waals surface area contributed by atoms with E-state index in [0.29, 0.717) is 18.8 Å². The number of sulfonamides is 1. The Bertz CT molecular complexity index is 659. The van der Waals surface area contributed by atoms with Gasteiger partial charge in [0.05, 0.1) is 15.8 Å². The lowest BCUT2D eigenvalue weighted by molar-refractivity contribution is -0.129. The van der Waals surface area contributed by atoms with E-state index in [1.54, 1.807) is 17.0 Å². The van der Waals surface area contributed by atoms with E-state index in [1.165, 1.54) is 22.1 Å². The summed E-state index contributed by atoms with van der Waals surface area (Å²) in [5.41, 5.74) is 0. The Morgan fingerprint density at radius 1 is 1.23 bits per heavy atom. The van der Waals surface area contributed by atoms with Crippen molar-refractivity contribution >= 4 is 50.9 Å². The fraction of sp³-hybridized carbons (Fsp3) is 0.462. The SMILES string of the molecule is CSCC(=O)N1CCN(S(=O)(=O)c2cccc(Cl)c2Cl)CC1. The van der Waals surface area contributed by atoms with Crippen LogP contribution in [0.3, 0.4) is 0 Å². The van der Waals surface area contributed by atoms with E-state index in [0.717, 1.165) is 0 Å². The first-order chi connectivity index (χ1) is 10.4. The molecule has 1 heterocycles. The summed E-state index contributed by atoms with van der Waals surface area (Å²) in [6.45, 7) is 1.28. The molecule has 0 bridgehead atoms. The van der Waals surface area contributed by atoms with E-state index in [9.17, 15) is 13.2 Å². The molecule has 1 saturated heterocycles. The average Bonchev–Trinajstić information content (AvgIpc) is 2.50. The van der Waals surface area contributed by atoms with Gasteiger partial charge in [-0.3, -0.25) is 4.79 Å². The molecular formula is C13H16Cl2N2O3S2. The molecule has 0 aromatic heterocycles. The highest BCUT2D eigenvalue weighted by atomic mass is 35.5. The van der Waals surface area contributed by atoms with Gasteiger partial charge in [0.15, 0.2) is 0 Å². The van der Waals surface area contributed by atoms with E-state index in [1.807, 2.05) is 6.26 Å². The van der Waals surface area contributed by atoms with Gasteiger partial charge in [0.1, 0.15) is 4.90 Å². The van der Waals surface area contributed by atoms with E-state index in [2.05, 4.69) is 0 Å². The number of halogens is 2. The number of nitrogens with zero attached hydrogens (tertiary/aromatic N) is 2. The minimum absolute atomic E-state index is 0.00515. The van der Waals surface area contributed by atoms with Gasteiger partial charge in [-0.1, -0.05) is 29.3 Å². The van der Waals surface area contributed by atoms with Crippen LogP contribution in [0.1, 0.15) is 0 Å². The smallest absolute Gasteiger partial charge is 0.244 e. The van der Waals surface area contributed by atoms with Crippen molar-refractivity contribution in [3.63, 3.8) is 0 Å². The number of hydrogen-bond acceptors (Lipinski definition) is 4. The molecule has 0 spiro atoms. The number of amides is 1. The Morgan fingerprint density at radius 3 is 2.45 bits per heavy atom. The van der Waals surface area contributed by atoms with Gasteiger partial charge < -0.3 is 4.90 Å². The molecule has 2 rings (SSSR count). The molecule has 1 amide bonds. The summed E-state index contributed by atoms with van der Waals surface area (Å²) in [5.74, 6) is 0.442. The number of benzene rings is 1. The van der Waals surface area contributed by atoms with Crippen molar-refractivity contribution in [2.45, 2.75) is 4.90 Å². The van der Waals surface area contributed by atoms with Crippen molar-refractivity contribution in [3.05, 3.63) is 28.2 Å². The molecule has 0 unspecified atom stereocenters. The minimum atomic E-state index is -3.70. The van der Waals surface area contributed by atoms with Crippen molar-refractivity contribution in [3.8, 4) is 0 Å². The Kier molecular flexibility index (Phi) is 6.01. The normalized spacial score (nSPS) is 16.8. The molecule has 0 radical (unpaired) electrons. The zero-order valence-electron chi connectivity index (χ0n) is 12.0. The summed E-state index contributed by atoms with van der Waals surface area (Å²) in [5, 5.41) is 0.238. The van der Waals surface area contributed by atoms with Gasteiger partial charge in [-0.25, -0.2) is 8.42 Å². The Labute approximate surface area is 144 Å². The van der Waals surface area contributed by atoms with Crippen LogP contribution in [-0.4, -0.2) is 61.7 Å². The molecule has 1 aliphatic rings. The zero-order chi connectivity index (χ0) is 16.3. The number of thioether (sulfide) groups is 1. The van der Waals surface area contributed by atoms with Gasteiger partial charge in [-0.05, 0) is 18.4 Å². The van der Waals surface area contributed by atoms with Gasteiger partial charge in [0.2, 0.25) is 15.9 Å². The molecular weight excluding hydrogens is 367 g/mol. The highest BCUT2D eigenvalue weighted by Gasteiger charge is 2.31. The average molecular weight is 383 g/mol. The van der Waals surface area contributed by atoms with Crippen molar-refractivity contribution in [2.24, 2.45) is 0 Å². The molecule has 122 valence electrons. The van der Waals surface area contributed by atoms with E-state index < -0.39 is 10.0 Å². The molecule has 1 fully saturated rings. The maximum atomic E-state index is 12.6. The van der Waals surface area contributed by atoms with Crippen LogP contribution in [0.15, 0.2) is 23.1 Å². The fourth-order valence-electron chi connectivity index (χ4n) is 2.21. The number of carbonyl (C=O) groups excluding carboxylic acids is 1. The standard InChI is InChI=1S/C13H16Cl2N2O3S2/c1-21-9-12(18)16-5-7-17(8-6-16)22(19,20)11-4-2-3-10(14)13(11)15/h2-4H,5-9H2,1H3. The topological polar surface area (TPSA) is 57.7 Å². The molecule has 0 saturated carbocycles. The van der Waals surface area contributed by atoms with Crippen molar-refractivity contribution in [2.75, 3.05) is 38.2 Å². The zero-order valence-corrected chi connectivity index (χ0v) is 15.1. The maximum Gasteiger partial charge on any atom is 0.244 e. The quantitative estimate of drug-likeness (QED) is 0.800. The lowest BCUT2D eigenvalue weighted by atomic mass is 10.3. The molecule has 9 heteroatoms. The predicted octanol–water partition coefficient (Wildman–Crippen LogP) is 2.19. The largest absolute Gasteiger partial charge is 0.339 e. The summed E-state index contributed by atoms with van der Waals surface area (Å²) in [6.07, 6.45) is 1.86. The molecule has 1 aliphatic heterocycles. The first kappa shape index (κ1) is 17.9. The predicted molar refractivity (Wildman–Crippen MR) is 90.2 cm³/mol. The first-order valence-corrected chi connectivity index (χ1v) is 10.2. The van der Waals surface area contributed by atoms with Crippen molar-refractivity contribution < 1.29 is 13.2 Å². The lowest BCUT2D eigenvalue weighted by Gasteiger charge is -2.34. The van der Waals surface area contributed by atoms with Crippen LogP contribution >= 0.6 is 35.0 Å². The second-order valence-electron chi connectivity index (χ2n) is 4.77. The van der Waals surface area contributed by atoms with Crippen LogP contribution in [0, 0.1) is 0 Å². The lowest BCUT2D eigenvalue weighted by Crippen LogP contribution is -2.51. The van der Waals surface area contributed by atoms with Crippen molar-refractivity contribution in [1.82, 2.24) is 9.21 Å². The maximum absolute atomic E-state index is 12.6. The Morgan fingerprint density at radius 2 is 1.86 bits per heavy atom. The third kappa shape index (κ3) is 3.71. The number of carbonyl (C=O) groups is 1. The summed E-state index contributed by atoms with van der Waals surface area (Å²) >= 11 is 13.4. The molecule has 22 heavy (non-hydrogen) atoms. The minimum Gasteiger partial charge on any atom is -0.339 e. The number of rotatable bonds is 4.